The smallest absolute Gasteiger partial charge is 0.326 e. The molecule has 0 aliphatic carbocycles. The molecule has 11 nitrogen and oxygen atoms in total. The molecule has 0 saturated heterocycles. The van der Waals surface area contributed by atoms with Gasteiger partial charge in [-0.05, 0) is 55.3 Å². The fraction of sp³-hybridized carbons (Fsp3) is 0.542. The summed E-state index contributed by atoms with van der Waals surface area (Å²) in [5, 5.41) is 17.1. The first-order valence-corrected chi connectivity index (χ1v) is 14.6. The zero-order chi connectivity index (χ0) is 27.8. The Labute approximate surface area is 225 Å². The summed E-state index contributed by atoms with van der Waals surface area (Å²) in [6, 6.07) is 4.86. The van der Waals surface area contributed by atoms with Crippen LogP contribution >= 0.6 is 23.5 Å². The maximum atomic E-state index is 13.1. The van der Waals surface area contributed by atoms with Crippen molar-refractivity contribution in [1.29, 1.82) is 0 Å². The number of nitrogens with two attached hydrogens (primary N) is 2. The minimum absolute atomic E-state index is 0.0900. The summed E-state index contributed by atoms with van der Waals surface area (Å²) in [5.41, 5.74) is 12.1. The molecule has 1 rings (SSSR count). The second-order valence-electron chi connectivity index (χ2n) is 8.39. The number of carbonyl (C=O) groups excluding carboxylic acids is 4. The van der Waals surface area contributed by atoms with Crippen LogP contribution in [-0.2, 0) is 30.4 Å². The standard InChI is InChI=1S/C24H37N5O6S2/c1-36-12-10-18(23(33)29-19(24(34)35)11-13-37-2)28-22(32)17(8-9-20(26)30)27-21(31)16(25)14-15-6-4-3-5-7-15/h3-7,16-19H,8-14,25H2,1-2H3,(H2,26,30)(H,27,31)(H,28,32)(H,29,33)(H,34,35). The van der Waals surface area contributed by atoms with Gasteiger partial charge >= 0.3 is 5.97 Å². The molecular weight excluding hydrogens is 518 g/mol. The van der Waals surface area contributed by atoms with Crippen molar-refractivity contribution in [2.45, 2.75) is 56.3 Å². The van der Waals surface area contributed by atoms with Crippen molar-refractivity contribution >= 4 is 53.1 Å². The summed E-state index contributed by atoms with van der Waals surface area (Å²) >= 11 is 2.90. The van der Waals surface area contributed by atoms with Gasteiger partial charge in [0.05, 0.1) is 6.04 Å². The average Bonchev–Trinajstić information content (AvgIpc) is 2.86. The van der Waals surface area contributed by atoms with Gasteiger partial charge in [-0.25, -0.2) is 4.79 Å². The van der Waals surface area contributed by atoms with Gasteiger partial charge in [0.1, 0.15) is 18.1 Å². The second-order valence-corrected chi connectivity index (χ2v) is 10.4. The molecule has 0 aliphatic rings. The maximum Gasteiger partial charge on any atom is 0.326 e. The third-order valence-corrected chi connectivity index (χ3v) is 6.70. The van der Waals surface area contributed by atoms with Crippen LogP contribution in [0.5, 0.6) is 0 Å². The molecule has 1 aromatic carbocycles. The monoisotopic (exact) mass is 555 g/mol. The van der Waals surface area contributed by atoms with E-state index in [1.807, 2.05) is 42.8 Å². The van der Waals surface area contributed by atoms with E-state index in [-0.39, 0.29) is 32.1 Å². The maximum absolute atomic E-state index is 13.1. The highest BCUT2D eigenvalue weighted by atomic mass is 32.2. The van der Waals surface area contributed by atoms with E-state index in [0.717, 1.165) is 5.56 Å². The van der Waals surface area contributed by atoms with Gasteiger partial charge in [-0.15, -0.1) is 0 Å². The van der Waals surface area contributed by atoms with Crippen LogP contribution in [0.1, 0.15) is 31.2 Å². The SMILES string of the molecule is CSCCC(NC(=O)C(CCSC)NC(=O)C(CCC(N)=O)NC(=O)C(N)Cc1ccccc1)C(=O)O. The van der Waals surface area contributed by atoms with Crippen LogP contribution in [0.15, 0.2) is 30.3 Å². The van der Waals surface area contributed by atoms with E-state index in [1.54, 1.807) is 0 Å². The Balaban J connectivity index is 2.95. The molecule has 8 N–H and O–H groups in total. The highest BCUT2D eigenvalue weighted by Crippen LogP contribution is 2.08. The number of primary amides is 1. The third-order valence-electron chi connectivity index (χ3n) is 5.42. The lowest BCUT2D eigenvalue weighted by atomic mass is 10.0. The Kier molecular flexibility index (Phi) is 15.4. The average molecular weight is 556 g/mol. The second kappa shape index (κ2) is 17.6. The van der Waals surface area contributed by atoms with Crippen molar-refractivity contribution < 1.29 is 29.1 Å². The minimum Gasteiger partial charge on any atom is -0.480 e. The summed E-state index contributed by atoms with van der Waals surface area (Å²) in [4.78, 5) is 61.7. The van der Waals surface area contributed by atoms with Gasteiger partial charge in [0.25, 0.3) is 0 Å². The molecule has 0 aliphatic heterocycles. The van der Waals surface area contributed by atoms with E-state index < -0.39 is 53.8 Å². The third kappa shape index (κ3) is 12.8. The first-order chi connectivity index (χ1) is 17.6. The van der Waals surface area contributed by atoms with Crippen LogP contribution in [0.2, 0.25) is 0 Å². The van der Waals surface area contributed by atoms with Gasteiger partial charge in [0.15, 0.2) is 0 Å². The molecule has 1 aromatic rings. The molecule has 4 amide bonds. The zero-order valence-corrected chi connectivity index (χ0v) is 22.7. The van der Waals surface area contributed by atoms with Crippen LogP contribution in [-0.4, -0.2) is 82.9 Å². The summed E-state index contributed by atoms with van der Waals surface area (Å²) in [6.45, 7) is 0. The van der Waals surface area contributed by atoms with E-state index in [0.29, 0.717) is 11.5 Å². The molecule has 0 fully saturated rings. The molecule has 0 bridgehead atoms. The highest BCUT2D eigenvalue weighted by Gasteiger charge is 2.30. The summed E-state index contributed by atoms with van der Waals surface area (Å²) in [5.74, 6) is -2.71. The van der Waals surface area contributed by atoms with Gasteiger partial charge in [0, 0.05) is 6.42 Å². The minimum atomic E-state index is -1.17. The molecule has 0 radical (unpaired) electrons. The molecule has 13 heteroatoms. The number of hydrogen-bond donors (Lipinski definition) is 6. The number of hydrogen-bond acceptors (Lipinski definition) is 8. The van der Waals surface area contributed by atoms with Crippen molar-refractivity contribution in [1.82, 2.24) is 16.0 Å². The molecule has 0 saturated carbocycles. The Hall–Kier alpha value is -2.77. The van der Waals surface area contributed by atoms with Crippen LogP contribution in [0.25, 0.3) is 0 Å². The van der Waals surface area contributed by atoms with Crippen LogP contribution < -0.4 is 27.4 Å². The summed E-state index contributed by atoms with van der Waals surface area (Å²) in [7, 11) is 0. The number of rotatable bonds is 18. The van der Waals surface area contributed by atoms with Crippen molar-refractivity contribution in [3.8, 4) is 0 Å². The first-order valence-electron chi connectivity index (χ1n) is 11.8. The van der Waals surface area contributed by atoms with Crippen LogP contribution in [0, 0.1) is 0 Å². The number of thioether (sulfide) groups is 2. The summed E-state index contributed by atoms with van der Waals surface area (Å²) < 4.78 is 0. The van der Waals surface area contributed by atoms with Crippen molar-refractivity contribution in [2.75, 3.05) is 24.0 Å². The number of amides is 4. The molecule has 0 aromatic heterocycles. The van der Waals surface area contributed by atoms with Crippen LogP contribution in [0.3, 0.4) is 0 Å². The molecule has 37 heavy (non-hydrogen) atoms. The number of aliphatic carboxylic acids is 1. The van der Waals surface area contributed by atoms with E-state index in [4.69, 9.17) is 11.5 Å². The van der Waals surface area contributed by atoms with Gasteiger partial charge in [-0.2, -0.15) is 23.5 Å². The quantitative estimate of drug-likeness (QED) is 0.143. The van der Waals surface area contributed by atoms with Crippen molar-refractivity contribution in [3.63, 3.8) is 0 Å². The Morgan fingerprint density at radius 2 is 1.30 bits per heavy atom. The lowest BCUT2D eigenvalue weighted by Gasteiger charge is -2.25. The van der Waals surface area contributed by atoms with Crippen molar-refractivity contribution in [2.24, 2.45) is 11.5 Å². The number of benzene rings is 1. The van der Waals surface area contributed by atoms with Crippen molar-refractivity contribution in [3.05, 3.63) is 35.9 Å². The van der Waals surface area contributed by atoms with Gasteiger partial charge < -0.3 is 32.5 Å². The summed E-state index contributed by atoms with van der Waals surface area (Å²) in [6.07, 6.45) is 4.09. The number of carbonyl (C=O) groups is 5. The van der Waals surface area contributed by atoms with E-state index in [2.05, 4.69) is 16.0 Å². The highest BCUT2D eigenvalue weighted by molar-refractivity contribution is 7.98. The predicted octanol–water partition coefficient (Wildman–Crippen LogP) is -0.133. The Morgan fingerprint density at radius 3 is 1.81 bits per heavy atom. The number of nitrogens with one attached hydrogen (secondary N) is 3. The van der Waals surface area contributed by atoms with Gasteiger partial charge in [-0.1, -0.05) is 30.3 Å². The Morgan fingerprint density at radius 1 is 0.811 bits per heavy atom. The molecule has 4 unspecified atom stereocenters. The molecule has 4 atom stereocenters. The fourth-order valence-electron chi connectivity index (χ4n) is 3.34. The lowest BCUT2D eigenvalue weighted by molar-refractivity contribution is -0.142. The lowest BCUT2D eigenvalue weighted by Crippen LogP contribution is -2.57. The molecule has 206 valence electrons. The predicted molar refractivity (Wildman–Crippen MR) is 146 cm³/mol. The first kappa shape index (κ1) is 32.3. The van der Waals surface area contributed by atoms with Crippen LogP contribution in [0.4, 0.5) is 0 Å². The molecular formula is C24H37N5O6S2. The fourth-order valence-corrected chi connectivity index (χ4v) is 4.28. The topological polar surface area (TPSA) is 194 Å². The van der Waals surface area contributed by atoms with Gasteiger partial charge in [0.2, 0.25) is 23.6 Å². The Bertz CT molecular complexity index is 905. The number of carboxylic acid groups (broad SMARTS) is 1. The van der Waals surface area contributed by atoms with E-state index >= 15 is 0 Å². The van der Waals surface area contributed by atoms with Gasteiger partial charge in [-0.3, -0.25) is 19.2 Å². The zero-order valence-electron chi connectivity index (χ0n) is 21.1. The normalized spacial score (nSPS) is 14.0. The molecule has 0 heterocycles. The molecule has 0 spiro atoms. The largest absolute Gasteiger partial charge is 0.480 e. The number of carboxylic acids is 1. The van der Waals surface area contributed by atoms with E-state index in [9.17, 15) is 29.1 Å². The van der Waals surface area contributed by atoms with E-state index in [1.165, 1.54) is 23.5 Å².